The van der Waals surface area contributed by atoms with Crippen LogP contribution in [0, 0.1) is 5.82 Å². The molecule has 0 radical (unpaired) electrons. The molecule has 1 heterocycles. The van der Waals surface area contributed by atoms with Gasteiger partial charge in [0.2, 0.25) is 0 Å². The number of aldehydes is 1. The van der Waals surface area contributed by atoms with E-state index < -0.39 is 0 Å². The van der Waals surface area contributed by atoms with Crippen molar-refractivity contribution in [3.05, 3.63) is 41.8 Å². The van der Waals surface area contributed by atoms with Crippen LogP contribution in [0.1, 0.15) is 5.56 Å². The summed E-state index contributed by atoms with van der Waals surface area (Å²) >= 11 is 0. The van der Waals surface area contributed by atoms with Gasteiger partial charge in [-0.15, -0.1) is 0 Å². The zero-order valence-corrected chi connectivity index (χ0v) is 10.1. The molecule has 94 valence electrons. The molecule has 0 spiro atoms. The van der Waals surface area contributed by atoms with Crippen LogP contribution in [0.5, 0.6) is 0 Å². The maximum absolute atomic E-state index is 12.9. The molecule has 0 aliphatic rings. The Morgan fingerprint density at radius 2 is 2.11 bits per heavy atom. The highest BCUT2D eigenvalue weighted by Crippen LogP contribution is 2.22. The molecule has 2 rings (SSSR count). The van der Waals surface area contributed by atoms with Crippen molar-refractivity contribution in [3.8, 4) is 11.3 Å². The Balaban J connectivity index is 2.22. The van der Waals surface area contributed by atoms with Crippen LogP contribution in [0.2, 0.25) is 0 Å². The molecule has 4 nitrogen and oxygen atoms in total. The lowest BCUT2D eigenvalue weighted by Crippen LogP contribution is -2.19. The summed E-state index contributed by atoms with van der Waals surface area (Å²) in [7, 11) is 1.86. The average Bonchev–Trinajstić information content (AvgIpc) is 2.78. The minimum atomic E-state index is -0.270. The van der Waals surface area contributed by atoms with Gasteiger partial charge in [0, 0.05) is 23.9 Å². The number of nitrogens with one attached hydrogen (secondary N) is 1. The topological polar surface area (TPSA) is 49.0 Å². The van der Waals surface area contributed by atoms with Gasteiger partial charge >= 0.3 is 0 Å². The first-order valence-electron chi connectivity index (χ1n) is 5.61. The summed E-state index contributed by atoms with van der Waals surface area (Å²) in [5, 5.41) is 6.97. The second-order valence-corrected chi connectivity index (χ2v) is 4.13. The van der Waals surface area contributed by atoms with Crippen molar-refractivity contribution in [2.24, 2.45) is 0 Å². The highest BCUT2D eigenvalue weighted by Gasteiger charge is 2.10. The van der Waals surface area contributed by atoms with Gasteiger partial charge in [0.05, 0.1) is 12.2 Å². The SMILES string of the molecule is CN(CC=O)Cc1c[nH]nc1-c1ccc(F)cc1. The number of aromatic amines is 1. The van der Waals surface area contributed by atoms with E-state index in [0.717, 1.165) is 23.1 Å². The van der Waals surface area contributed by atoms with E-state index in [1.165, 1.54) is 12.1 Å². The summed E-state index contributed by atoms with van der Waals surface area (Å²) in [6, 6.07) is 6.19. The molecule has 0 bridgehead atoms. The standard InChI is InChI=1S/C13H14FN3O/c1-17(6-7-18)9-11-8-15-16-13(11)10-2-4-12(14)5-3-10/h2-5,7-8H,6,9H2,1H3,(H,15,16). The summed E-state index contributed by atoms with van der Waals surface area (Å²) in [6.45, 7) is 0.982. The smallest absolute Gasteiger partial charge is 0.133 e. The van der Waals surface area contributed by atoms with Gasteiger partial charge in [-0.05, 0) is 31.3 Å². The second-order valence-electron chi connectivity index (χ2n) is 4.13. The summed E-state index contributed by atoms with van der Waals surface area (Å²) in [6.07, 6.45) is 2.65. The van der Waals surface area contributed by atoms with Crippen LogP contribution in [0.25, 0.3) is 11.3 Å². The number of benzene rings is 1. The third kappa shape index (κ3) is 2.81. The summed E-state index contributed by atoms with van der Waals surface area (Å²) < 4.78 is 12.9. The molecule has 0 aliphatic heterocycles. The van der Waals surface area contributed by atoms with Crippen LogP contribution < -0.4 is 0 Å². The van der Waals surface area contributed by atoms with Crippen LogP contribution in [-0.2, 0) is 11.3 Å². The number of hydrogen-bond donors (Lipinski definition) is 1. The lowest BCUT2D eigenvalue weighted by Gasteiger charge is -2.12. The predicted molar refractivity (Wildman–Crippen MR) is 66.4 cm³/mol. The minimum absolute atomic E-state index is 0.270. The van der Waals surface area contributed by atoms with Crippen molar-refractivity contribution < 1.29 is 9.18 Å². The van der Waals surface area contributed by atoms with Gasteiger partial charge in [-0.2, -0.15) is 5.10 Å². The number of hydrogen-bond acceptors (Lipinski definition) is 3. The van der Waals surface area contributed by atoms with E-state index in [-0.39, 0.29) is 5.82 Å². The van der Waals surface area contributed by atoms with E-state index in [1.807, 2.05) is 11.9 Å². The number of aromatic nitrogens is 2. The minimum Gasteiger partial charge on any atom is -0.302 e. The van der Waals surface area contributed by atoms with Gasteiger partial charge in [-0.25, -0.2) is 4.39 Å². The van der Waals surface area contributed by atoms with Crippen LogP contribution in [-0.4, -0.2) is 35.0 Å². The van der Waals surface area contributed by atoms with Crippen molar-refractivity contribution in [2.45, 2.75) is 6.54 Å². The fraction of sp³-hybridized carbons (Fsp3) is 0.231. The normalized spacial score (nSPS) is 10.8. The summed E-state index contributed by atoms with van der Waals surface area (Å²) in [5.41, 5.74) is 2.62. The van der Waals surface area contributed by atoms with Crippen LogP contribution in [0.4, 0.5) is 4.39 Å². The van der Waals surface area contributed by atoms with Gasteiger partial charge < -0.3 is 4.79 Å². The molecular weight excluding hydrogens is 233 g/mol. The van der Waals surface area contributed by atoms with Crippen molar-refractivity contribution in [2.75, 3.05) is 13.6 Å². The van der Waals surface area contributed by atoms with Crippen molar-refractivity contribution in [1.29, 1.82) is 0 Å². The van der Waals surface area contributed by atoms with Crippen LogP contribution in [0.15, 0.2) is 30.5 Å². The Morgan fingerprint density at radius 1 is 1.39 bits per heavy atom. The van der Waals surface area contributed by atoms with Crippen molar-refractivity contribution in [1.82, 2.24) is 15.1 Å². The fourth-order valence-corrected chi connectivity index (χ4v) is 1.78. The molecule has 0 saturated heterocycles. The molecule has 0 amide bonds. The molecule has 0 unspecified atom stereocenters. The molecular formula is C13H14FN3O. The zero-order valence-electron chi connectivity index (χ0n) is 10.1. The number of carbonyl (C=O) groups is 1. The summed E-state index contributed by atoms with van der Waals surface area (Å²) in [5.74, 6) is -0.270. The number of nitrogens with zero attached hydrogens (tertiary/aromatic N) is 2. The van der Waals surface area contributed by atoms with Gasteiger partial charge in [-0.3, -0.25) is 10.00 Å². The second kappa shape index (κ2) is 5.55. The number of likely N-dealkylation sites (N-methyl/N-ethyl adjacent to an activating group) is 1. The lowest BCUT2D eigenvalue weighted by atomic mass is 10.1. The van der Waals surface area contributed by atoms with Crippen LogP contribution >= 0.6 is 0 Å². The quantitative estimate of drug-likeness (QED) is 0.820. The third-order valence-corrected chi connectivity index (χ3v) is 2.66. The Kier molecular flexibility index (Phi) is 3.84. The first-order valence-corrected chi connectivity index (χ1v) is 5.61. The molecule has 1 N–H and O–H groups in total. The van der Waals surface area contributed by atoms with Gasteiger partial charge in [0.1, 0.15) is 12.1 Å². The molecule has 1 aromatic carbocycles. The Hall–Kier alpha value is -2.01. The molecule has 5 heteroatoms. The predicted octanol–water partition coefficient (Wildman–Crippen LogP) is 1.85. The first-order chi connectivity index (χ1) is 8.70. The molecule has 0 saturated carbocycles. The molecule has 2 aromatic rings. The molecule has 0 fully saturated rings. The van der Waals surface area contributed by atoms with Crippen molar-refractivity contribution in [3.63, 3.8) is 0 Å². The van der Waals surface area contributed by atoms with Gasteiger partial charge in [0.25, 0.3) is 0 Å². The fourth-order valence-electron chi connectivity index (χ4n) is 1.78. The van der Waals surface area contributed by atoms with E-state index in [9.17, 15) is 9.18 Å². The van der Waals surface area contributed by atoms with Crippen LogP contribution in [0.3, 0.4) is 0 Å². The zero-order chi connectivity index (χ0) is 13.0. The maximum atomic E-state index is 12.9. The highest BCUT2D eigenvalue weighted by molar-refractivity contribution is 5.62. The average molecular weight is 247 g/mol. The van der Waals surface area contributed by atoms with E-state index in [0.29, 0.717) is 13.1 Å². The number of H-pyrrole nitrogens is 1. The Labute approximate surface area is 104 Å². The lowest BCUT2D eigenvalue weighted by molar-refractivity contribution is -0.108. The molecule has 1 aromatic heterocycles. The monoisotopic (exact) mass is 247 g/mol. The Bertz CT molecular complexity index is 521. The van der Waals surface area contributed by atoms with Crippen molar-refractivity contribution >= 4 is 6.29 Å². The van der Waals surface area contributed by atoms with Gasteiger partial charge in [-0.1, -0.05) is 0 Å². The van der Waals surface area contributed by atoms with E-state index >= 15 is 0 Å². The number of rotatable bonds is 5. The first kappa shape index (κ1) is 12.4. The number of carbonyl (C=O) groups excluding carboxylic acids is 1. The van der Waals surface area contributed by atoms with E-state index in [4.69, 9.17) is 0 Å². The highest BCUT2D eigenvalue weighted by atomic mass is 19.1. The third-order valence-electron chi connectivity index (χ3n) is 2.66. The largest absolute Gasteiger partial charge is 0.302 e. The maximum Gasteiger partial charge on any atom is 0.133 e. The summed E-state index contributed by atoms with van der Waals surface area (Å²) in [4.78, 5) is 12.3. The van der Waals surface area contributed by atoms with E-state index in [2.05, 4.69) is 10.2 Å². The Morgan fingerprint density at radius 3 is 2.78 bits per heavy atom. The molecule has 0 aliphatic carbocycles. The van der Waals surface area contributed by atoms with E-state index in [1.54, 1.807) is 18.3 Å². The van der Waals surface area contributed by atoms with Gasteiger partial charge in [0.15, 0.2) is 0 Å². The molecule has 0 atom stereocenters. The molecule has 18 heavy (non-hydrogen) atoms. The number of halogens is 1.